The SMILES string of the molecule is CN(C(=O)c1cccc(F)c1)C1CNC1. The summed E-state index contributed by atoms with van der Waals surface area (Å²) >= 11 is 0. The number of carbonyl (C=O) groups excluding carboxylic acids is 1. The quantitative estimate of drug-likeness (QED) is 0.782. The summed E-state index contributed by atoms with van der Waals surface area (Å²) < 4.78 is 12.9. The van der Waals surface area contributed by atoms with E-state index in [1.54, 1.807) is 24.1 Å². The molecule has 4 heteroatoms. The third kappa shape index (κ3) is 1.99. The van der Waals surface area contributed by atoms with Crippen LogP contribution in [0.3, 0.4) is 0 Å². The van der Waals surface area contributed by atoms with E-state index in [1.807, 2.05) is 0 Å². The molecule has 0 saturated carbocycles. The molecule has 2 rings (SSSR count). The first-order chi connectivity index (χ1) is 7.18. The van der Waals surface area contributed by atoms with E-state index in [9.17, 15) is 9.18 Å². The van der Waals surface area contributed by atoms with Crippen molar-refractivity contribution >= 4 is 5.91 Å². The lowest BCUT2D eigenvalue weighted by atomic mass is 10.1. The summed E-state index contributed by atoms with van der Waals surface area (Å²) in [4.78, 5) is 13.5. The molecule has 0 unspecified atom stereocenters. The van der Waals surface area contributed by atoms with E-state index in [0.717, 1.165) is 13.1 Å². The summed E-state index contributed by atoms with van der Waals surface area (Å²) in [5, 5.41) is 3.09. The average Bonchev–Trinajstić information content (AvgIpc) is 2.14. The molecule has 1 aromatic carbocycles. The monoisotopic (exact) mass is 208 g/mol. The van der Waals surface area contributed by atoms with Gasteiger partial charge in [-0.2, -0.15) is 0 Å². The van der Waals surface area contributed by atoms with Gasteiger partial charge in [0.05, 0.1) is 6.04 Å². The van der Waals surface area contributed by atoms with Gasteiger partial charge in [-0.15, -0.1) is 0 Å². The molecule has 0 bridgehead atoms. The van der Waals surface area contributed by atoms with Crippen LogP contribution < -0.4 is 5.32 Å². The summed E-state index contributed by atoms with van der Waals surface area (Å²) in [5.41, 5.74) is 0.407. The maximum atomic E-state index is 12.9. The minimum absolute atomic E-state index is 0.124. The molecular formula is C11H13FN2O. The third-order valence-electron chi connectivity index (χ3n) is 2.70. The highest BCUT2D eigenvalue weighted by molar-refractivity contribution is 5.94. The predicted octanol–water partition coefficient (Wildman–Crippen LogP) is 0.869. The number of hydrogen-bond acceptors (Lipinski definition) is 2. The molecule has 1 saturated heterocycles. The molecule has 1 aliphatic rings. The second kappa shape index (κ2) is 3.98. The normalized spacial score (nSPS) is 15.9. The molecule has 1 heterocycles. The number of carbonyl (C=O) groups is 1. The molecule has 0 atom stereocenters. The summed E-state index contributed by atoms with van der Waals surface area (Å²) in [6.07, 6.45) is 0. The smallest absolute Gasteiger partial charge is 0.254 e. The fraction of sp³-hybridized carbons (Fsp3) is 0.364. The largest absolute Gasteiger partial charge is 0.336 e. The topological polar surface area (TPSA) is 32.3 Å². The van der Waals surface area contributed by atoms with Crippen molar-refractivity contribution in [1.29, 1.82) is 0 Å². The lowest BCUT2D eigenvalue weighted by Crippen LogP contribution is -2.57. The van der Waals surface area contributed by atoms with Crippen LogP contribution in [-0.4, -0.2) is 37.0 Å². The number of nitrogens with zero attached hydrogens (tertiary/aromatic N) is 1. The standard InChI is InChI=1S/C11H13FN2O/c1-14(10-6-13-7-10)11(15)8-3-2-4-9(12)5-8/h2-5,10,13H,6-7H2,1H3. The molecule has 1 N–H and O–H groups in total. The van der Waals surface area contributed by atoms with Gasteiger partial charge in [-0.1, -0.05) is 6.07 Å². The van der Waals surface area contributed by atoms with E-state index in [0.29, 0.717) is 5.56 Å². The number of nitrogens with one attached hydrogen (secondary N) is 1. The fourth-order valence-corrected chi connectivity index (χ4v) is 1.54. The van der Waals surface area contributed by atoms with E-state index >= 15 is 0 Å². The molecular weight excluding hydrogens is 195 g/mol. The van der Waals surface area contributed by atoms with Gasteiger partial charge in [-0.25, -0.2) is 4.39 Å². The molecule has 0 spiro atoms. The van der Waals surface area contributed by atoms with Crippen LogP contribution in [0.15, 0.2) is 24.3 Å². The summed E-state index contributed by atoms with van der Waals surface area (Å²) in [7, 11) is 1.75. The lowest BCUT2D eigenvalue weighted by Gasteiger charge is -2.35. The summed E-state index contributed by atoms with van der Waals surface area (Å²) in [5.74, 6) is -0.498. The first kappa shape index (κ1) is 10.1. The fourth-order valence-electron chi connectivity index (χ4n) is 1.54. The van der Waals surface area contributed by atoms with Crippen LogP contribution in [0.25, 0.3) is 0 Å². The predicted molar refractivity (Wildman–Crippen MR) is 55.2 cm³/mol. The van der Waals surface area contributed by atoms with Gasteiger partial charge in [0.2, 0.25) is 0 Å². The van der Waals surface area contributed by atoms with Crippen molar-refractivity contribution in [3.05, 3.63) is 35.6 Å². The Hall–Kier alpha value is -1.42. The number of amides is 1. The van der Waals surface area contributed by atoms with Crippen LogP contribution in [0.1, 0.15) is 10.4 Å². The van der Waals surface area contributed by atoms with Crippen molar-refractivity contribution < 1.29 is 9.18 Å². The summed E-state index contributed by atoms with van der Waals surface area (Å²) in [6, 6.07) is 6.02. The number of benzene rings is 1. The van der Waals surface area contributed by atoms with Crippen LogP contribution in [0.2, 0.25) is 0 Å². The maximum absolute atomic E-state index is 12.9. The van der Waals surface area contributed by atoms with Crippen molar-refractivity contribution in [2.24, 2.45) is 0 Å². The van der Waals surface area contributed by atoms with Crippen LogP contribution >= 0.6 is 0 Å². The van der Waals surface area contributed by atoms with Gasteiger partial charge in [0, 0.05) is 25.7 Å². The Labute approximate surface area is 87.9 Å². The highest BCUT2D eigenvalue weighted by Crippen LogP contribution is 2.10. The minimum Gasteiger partial charge on any atom is -0.336 e. The van der Waals surface area contributed by atoms with Gasteiger partial charge in [0.15, 0.2) is 0 Å². The highest BCUT2D eigenvalue weighted by atomic mass is 19.1. The number of likely N-dealkylation sites (N-methyl/N-ethyl adjacent to an activating group) is 1. The van der Waals surface area contributed by atoms with Crippen LogP contribution in [0, 0.1) is 5.82 Å². The van der Waals surface area contributed by atoms with E-state index in [1.165, 1.54) is 12.1 Å². The Kier molecular flexibility index (Phi) is 2.68. The Morgan fingerprint density at radius 2 is 2.27 bits per heavy atom. The Balaban J connectivity index is 2.12. The van der Waals surface area contributed by atoms with Gasteiger partial charge in [-0.3, -0.25) is 4.79 Å². The Morgan fingerprint density at radius 3 is 2.80 bits per heavy atom. The van der Waals surface area contributed by atoms with Crippen molar-refractivity contribution in [1.82, 2.24) is 10.2 Å². The lowest BCUT2D eigenvalue weighted by molar-refractivity contribution is 0.0680. The van der Waals surface area contributed by atoms with Gasteiger partial charge in [0.1, 0.15) is 5.82 Å². The molecule has 1 fully saturated rings. The molecule has 1 aromatic rings. The molecule has 15 heavy (non-hydrogen) atoms. The number of halogens is 1. The second-order valence-electron chi connectivity index (χ2n) is 3.74. The van der Waals surface area contributed by atoms with E-state index in [4.69, 9.17) is 0 Å². The Morgan fingerprint density at radius 1 is 1.53 bits per heavy atom. The number of hydrogen-bond donors (Lipinski definition) is 1. The third-order valence-corrected chi connectivity index (χ3v) is 2.70. The summed E-state index contributed by atoms with van der Waals surface area (Å²) in [6.45, 7) is 1.63. The molecule has 1 amide bonds. The highest BCUT2D eigenvalue weighted by Gasteiger charge is 2.25. The van der Waals surface area contributed by atoms with Crippen molar-refractivity contribution in [3.8, 4) is 0 Å². The van der Waals surface area contributed by atoms with Crippen LogP contribution in [0.4, 0.5) is 4.39 Å². The van der Waals surface area contributed by atoms with Gasteiger partial charge >= 0.3 is 0 Å². The molecule has 1 aliphatic heterocycles. The molecule has 0 aliphatic carbocycles. The molecule has 0 radical (unpaired) electrons. The van der Waals surface area contributed by atoms with Gasteiger partial charge in [0.25, 0.3) is 5.91 Å². The van der Waals surface area contributed by atoms with Crippen molar-refractivity contribution in [3.63, 3.8) is 0 Å². The van der Waals surface area contributed by atoms with E-state index < -0.39 is 0 Å². The first-order valence-corrected chi connectivity index (χ1v) is 4.92. The van der Waals surface area contributed by atoms with Gasteiger partial charge in [-0.05, 0) is 18.2 Å². The average molecular weight is 208 g/mol. The zero-order valence-corrected chi connectivity index (χ0v) is 8.53. The number of rotatable bonds is 2. The molecule has 3 nitrogen and oxygen atoms in total. The first-order valence-electron chi connectivity index (χ1n) is 4.92. The van der Waals surface area contributed by atoms with Crippen molar-refractivity contribution in [2.75, 3.05) is 20.1 Å². The van der Waals surface area contributed by atoms with Gasteiger partial charge < -0.3 is 10.2 Å². The van der Waals surface area contributed by atoms with Crippen LogP contribution in [-0.2, 0) is 0 Å². The zero-order chi connectivity index (χ0) is 10.8. The van der Waals surface area contributed by atoms with Crippen LogP contribution in [0.5, 0.6) is 0 Å². The second-order valence-corrected chi connectivity index (χ2v) is 3.74. The van der Waals surface area contributed by atoms with Crippen molar-refractivity contribution in [2.45, 2.75) is 6.04 Å². The minimum atomic E-state index is -0.374. The molecule has 80 valence electrons. The maximum Gasteiger partial charge on any atom is 0.254 e. The zero-order valence-electron chi connectivity index (χ0n) is 8.53. The van der Waals surface area contributed by atoms with E-state index in [-0.39, 0.29) is 17.8 Å². The molecule has 0 aromatic heterocycles. The van der Waals surface area contributed by atoms with E-state index in [2.05, 4.69) is 5.32 Å². The Bertz CT molecular complexity index is 377.